The van der Waals surface area contributed by atoms with Crippen LogP contribution in [0.2, 0.25) is 0 Å². The van der Waals surface area contributed by atoms with Gasteiger partial charge in [-0.15, -0.1) is 0 Å². The molecule has 2 nitrogen and oxygen atoms in total. The maximum absolute atomic E-state index is 9.81. The van der Waals surface area contributed by atoms with E-state index >= 15 is 0 Å². The molecule has 1 unspecified atom stereocenters. The topological polar surface area (TPSA) is 29.5 Å². The van der Waals surface area contributed by atoms with Crippen molar-refractivity contribution in [2.24, 2.45) is 0 Å². The van der Waals surface area contributed by atoms with Crippen molar-refractivity contribution in [3.05, 3.63) is 0 Å². The molecular weight excluding hydrogens is 160 g/mol. The third-order valence-electron chi connectivity index (χ3n) is 2.51. The van der Waals surface area contributed by atoms with Crippen LogP contribution in [0.4, 0.5) is 0 Å². The van der Waals surface area contributed by atoms with Crippen molar-refractivity contribution in [2.45, 2.75) is 37.4 Å². The maximum Gasteiger partial charge on any atom is 0.0603 e. The van der Waals surface area contributed by atoms with Crippen molar-refractivity contribution in [3.63, 3.8) is 0 Å². The van der Waals surface area contributed by atoms with Crippen molar-refractivity contribution < 1.29 is 8.74 Å². The van der Waals surface area contributed by atoms with E-state index in [4.69, 9.17) is 4.18 Å². The molecule has 3 heteroatoms. The van der Waals surface area contributed by atoms with Gasteiger partial charge in [-0.2, -0.15) is 10.6 Å². The molecular formula is C8H18O2S. The fourth-order valence-electron chi connectivity index (χ4n) is 1.64. The van der Waals surface area contributed by atoms with Crippen LogP contribution in [0.1, 0.15) is 32.1 Å². The highest BCUT2D eigenvalue weighted by molar-refractivity contribution is 8.25. The Morgan fingerprint density at radius 3 is 2.27 bits per heavy atom. The highest BCUT2D eigenvalue weighted by Gasteiger charge is 2.24. The van der Waals surface area contributed by atoms with E-state index < -0.39 is 10.6 Å². The van der Waals surface area contributed by atoms with E-state index in [9.17, 15) is 4.55 Å². The quantitative estimate of drug-likeness (QED) is 0.704. The average Bonchev–Trinajstić information content (AvgIpc) is 2.06. The summed E-state index contributed by atoms with van der Waals surface area (Å²) in [5.74, 6) is 0. The monoisotopic (exact) mass is 178 g/mol. The average molecular weight is 178 g/mol. The number of hydrogen-bond donors (Lipinski definition) is 1. The minimum Gasteiger partial charge on any atom is -0.299 e. The van der Waals surface area contributed by atoms with Gasteiger partial charge in [-0.25, -0.2) is 0 Å². The Bertz CT molecular complexity index is 119. The van der Waals surface area contributed by atoms with Crippen LogP contribution in [-0.2, 0) is 4.18 Å². The van der Waals surface area contributed by atoms with E-state index in [1.807, 2.05) is 6.26 Å². The van der Waals surface area contributed by atoms with Gasteiger partial charge in [0.25, 0.3) is 0 Å². The van der Waals surface area contributed by atoms with E-state index in [-0.39, 0.29) is 0 Å². The van der Waals surface area contributed by atoms with Crippen LogP contribution < -0.4 is 0 Å². The predicted molar refractivity (Wildman–Crippen MR) is 50.0 cm³/mol. The Labute approximate surface area is 70.7 Å². The summed E-state index contributed by atoms with van der Waals surface area (Å²) in [5.41, 5.74) is 0. The molecule has 0 aromatic carbocycles. The number of hydrogen-bond acceptors (Lipinski definition) is 2. The van der Waals surface area contributed by atoms with Crippen molar-refractivity contribution in [1.29, 1.82) is 0 Å². The lowest BCUT2D eigenvalue weighted by atomic mass is 10.0. The molecule has 0 amide bonds. The van der Waals surface area contributed by atoms with Crippen molar-refractivity contribution in [1.82, 2.24) is 0 Å². The van der Waals surface area contributed by atoms with Gasteiger partial charge in [0.2, 0.25) is 0 Å². The third kappa shape index (κ3) is 2.36. The summed E-state index contributed by atoms with van der Waals surface area (Å²) in [6, 6.07) is 0. The highest BCUT2D eigenvalue weighted by atomic mass is 32.3. The molecule has 1 N–H and O–H groups in total. The van der Waals surface area contributed by atoms with Gasteiger partial charge in [-0.05, 0) is 12.8 Å². The van der Waals surface area contributed by atoms with Gasteiger partial charge < -0.3 is 0 Å². The van der Waals surface area contributed by atoms with Crippen LogP contribution >= 0.6 is 10.6 Å². The van der Waals surface area contributed by atoms with Crippen LogP contribution in [0.3, 0.4) is 0 Å². The largest absolute Gasteiger partial charge is 0.299 e. The van der Waals surface area contributed by atoms with E-state index in [2.05, 4.69) is 0 Å². The van der Waals surface area contributed by atoms with Gasteiger partial charge in [0.1, 0.15) is 0 Å². The Morgan fingerprint density at radius 1 is 1.27 bits per heavy atom. The summed E-state index contributed by atoms with van der Waals surface area (Å²) in [6.07, 6.45) is 8.00. The van der Waals surface area contributed by atoms with Gasteiger partial charge in [0.15, 0.2) is 0 Å². The SMILES string of the molecule is COS(C)(O)C1CCCCC1. The zero-order valence-electron chi connectivity index (χ0n) is 7.38. The molecule has 1 rings (SSSR count). The van der Waals surface area contributed by atoms with Crippen molar-refractivity contribution >= 4 is 10.6 Å². The summed E-state index contributed by atoms with van der Waals surface area (Å²) in [7, 11) is -0.106. The van der Waals surface area contributed by atoms with Gasteiger partial charge in [-0.1, -0.05) is 19.3 Å². The van der Waals surface area contributed by atoms with Gasteiger partial charge in [0, 0.05) is 11.5 Å². The third-order valence-corrected chi connectivity index (χ3v) is 4.89. The predicted octanol–water partition coefficient (Wildman–Crippen LogP) is 2.79. The minimum atomic E-state index is -1.72. The van der Waals surface area contributed by atoms with Gasteiger partial charge >= 0.3 is 0 Å². The summed E-state index contributed by atoms with van der Waals surface area (Å²) in [4.78, 5) is 0. The first-order valence-electron chi connectivity index (χ1n) is 4.22. The van der Waals surface area contributed by atoms with E-state index in [0.29, 0.717) is 5.25 Å². The van der Waals surface area contributed by atoms with Gasteiger partial charge in [-0.3, -0.25) is 8.74 Å². The van der Waals surface area contributed by atoms with Crippen LogP contribution in [0, 0.1) is 0 Å². The second-order valence-corrected chi connectivity index (χ2v) is 6.01. The summed E-state index contributed by atoms with van der Waals surface area (Å²) in [5, 5.41) is 0.432. The van der Waals surface area contributed by atoms with E-state index in [1.54, 1.807) is 7.11 Å². The molecule has 0 bridgehead atoms. The summed E-state index contributed by atoms with van der Waals surface area (Å²) in [6.45, 7) is 0. The molecule has 0 radical (unpaired) electrons. The molecule has 0 aliphatic heterocycles. The Kier molecular flexibility index (Phi) is 3.22. The second kappa shape index (κ2) is 3.78. The number of rotatable bonds is 2. The maximum atomic E-state index is 9.81. The normalized spacial score (nSPS) is 29.4. The molecule has 1 aliphatic rings. The smallest absolute Gasteiger partial charge is 0.0603 e. The fourth-order valence-corrected chi connectivity index (χ4v) is 3.12. The highest BCUT2D eigenvalue weighted by Crippen LogP contribution is 2.50. The van der Waals surface area contributed by atoms with Gasteiger partial charge in [0.05, 0.1) is 7.11 Å². The van der Waals surface area contributed by atoms with Crippen molar-refractivity contribution in [2.75, 3.05) is 13.4 Å². The van der Waals surface area contributed by atoms with Crippen LogP contribution in [-0.4, -0.2) is 23.2 Å². The molecule has 1 saturated carbocycles. The first-order chi connectivity index (χ1) is 5.17. The lowest BCUT2D eigenvalue weighted by molar-refractivity contribution is 0.371. The van der Waals surface area contributed by atoms with Crippen LogP contribution in [0.25, 0.3) is 0 Å². The summed E-state index contributed by atoms with van der Waals surface area (Å²) >= 11 is 0. The van der Waals surface area contributed by atoms with Crippen molar-refractivity contribution in [3.8, 4) is 0 Å². The molecule has 1 aliphatic carbocycles. The molecule has 68 valence electrons. The molecule has 11 heavy (non-hydrogen) atoms. The van der Waals surface area contributed by atoms with E-state index in [0.717, 1.165) is 12.8 Å². The fraction of sp³-hybridized carbons (Fsp3) is 1.00. The Balaban J connectivity index is 2.43. The Morgan fingerprint density at radius 2 is 1.82 bits per heavy atom. The summed E-state index contributed by atoms with van der Waals surface area (Å²) < 4.78 is 14.9. The first kappa shape index (κ1) is 9.36. The van der Waals surface area contributed by atoms with Crippen LogP contribution in [0.5, 0.6) is 0 Å². The first-order valence-corrected chi connectivity index (χ1v) is 6.20. The zero-order valence-corrected chi connectivity index (χ0v) is 8.19. The minimum absolute atomic E-state index is 0.432. The second-order valence-electron chi connectivity index (χ2n) is 3.29. The molecule has 0 aromatic rings. The standard InChI is InChI=1S/C8H18O2S/c1-10-11(2,9)8-6-4-3-5-7-8/h8-9H,3-7H2,1-2H3. The Hall–Kier alpha value is 0.270. The van der Waals surface area contributed by atoms with Crippen LogP contribution in [0.15, 0.2) is 0 Å². The molecule has 0 spiro atoms. The molecule has 0 heterocycles. The lowest BCUT2D eigenvalue weighted by Gasteiger charge is -2.42. The zero-order chi connectivity index (χ0) is 8.32. The molecule has 1 fully saturated rings. The lowest BCUT2D eigenvalue weighted by Crippen LogP contribution is -2.21. The molecule has 0 aromatic heterocycles. The molecule has 0 saturated heterocycles. The van der Waals surface area contributed by atoms with E-state index in [1.165, 1.54) is 19.3 Å². The molecule has 1 atom stereocenters.